The number of carbonyl (C=O) groups is 2. The van der Waals surface area contributed by atoms with E-state index in [0.717, 1.165) is 6.42 Å². The van der Waals surface area contributed by atoms with Crippen LogP contribution in [0.2, 0.25) is 0 Å². The number of benzene rings is 2. The molecule has 1 aliphatic heterocycles. The fraction of sp³-hybridized carbons (Fsp3) is 0.400. The first-order valence-electron chi connectivity index (χ1n) is 9.12. The fourth-order valence-electron chi connectivity index (χ4n) is 6.18. The number of nitrogens with zero attached hydrogens (tertiary/aromatic N) is 2. The van der Waals surface area contributed by atoms with Gasteiger partial charge in [-0.05, 0) is 48.6 Å². The molecule has 6 heteroatoms. The number of rotatable bonds is 2. The predicted molar refractivity (Wildman–Crippen MR) is 93.3 cm³/mol. The smallest absolute Gasteiger partial charge is 0.274 e. The van der Waals surface area contributed by atoms with Crippen LogP contribution in [0.3, 0.4) is 0 Å². The van der Waals surface area contributed by atoms with Crippen LogP contribution in [0.25, 0.3) is 10.8 Å². The molecule has 130 valence electrons. The Hall–Kier alpha value is -2.76. The lowest BCUT2D eigenvalue weighted by Crippen LogP contribution is -2.33. The van der Waals surface area contributed by atoms with E-state index in [1.54, 1.807) is 30.3 Å². The summed E-state index contributed by atoms with van der Waals surface area (Å²) in [6.07, 6.45) is 2.21. The standard InChI is InChI=1S/C20H16N2O4/c23-19-17-13-8-14(12-7-11(12)13)18(17)20(24)21(19)15-5-6-16(22(25)26)10-4-2-1-3-9(10)15/h1-6,11-14,17-18H,7-8H2. The summed E-state index contributed by atoms with van der Waals surface area (Å²) in [6, 6.07) is 9.88. The lowest BCUT2D eigenvalue weighted by atomic mass is 9.81. The van der Waals surface area contributed by atoms with Crippen molar-refractivity contribution in [3.05, 3.63) is 46.5 Å². The lowest BCUT2D eigenvalue weighted by Gasteiger charge is -2.20. The molecule has 0 radical (unpaired) electrons. The van der Waals surface area contributed by atoms with Crippen molar-refractivity contribution < 1.29 is 14.5 Å². The molecule has 0 spiro atoms. The maximum absolute atomic E-state index is 13.2. The molecule has 6 nitrogen and oxygen atoms in total. The zero-order chi connectivity index (χ0) is 17.7. The molecule has 1 saturated heterocycles. The quantitative estimate of drug-likeness (QED) is 0.474. The molecule has 2 aromatic carbocycles. The molecule has 6 unspecified atom stereocenters. The minimum absolute atomic E-state index is 0.00930. The van der Waals surface area contributed by atoms with Gasteiger partial charge in [0.1, 0.15) is 0 Å². The van der Waals surface area contributed by atoms with E-state index in [4.69, 9.17) is 0 Å². The molecule has 3 aliphatic carbocycles. The SMILES string of the molecule is O=C1C2C3CC(C4CC43)C2C(=O)N1c1ccc([N+](=O)[O-])c2ccccc12. The Balaban J connectivity index is 1.50. The van der Waals surface area contributed by atoms with Gasteiger partial charge in [0.15, 0.2) is 0 Å². The Kier molecular flexibility index (Phi) is 2.49. The molecule has 4 aliphatic rings. The third-order valence-electron chi connectivity index (χ3n) is 7.17. The Morgan fingerprint density at radius 3 is 2.04 bits per heavy atom. The summed E-state index contributed by atoms with van der Waals surface area (Å²) in [5.41, 5.74) is 0.480. The molecule has 6 atom stereocenters. The number of imide groups is 1. The zero-order valence-electron chi connectivity index (χ0n) is 13.9. The Morgan fingerprint density at radius 2 is 1.42 bits per heavy atom. The molecule has 0 N–H and O–H groups in total. The second-order valence-electron chi connectivity index (χ2n) is 8.10. The fourth-order valence-corrected chi connectivity index (χ4v) is 6.18. The van der Waals surface area contributed by atoms with E-state index < -0.39 is 4.92 Å². The van der Waals surface area contributed by atoms with Crippen molar-refractivity contribution >= 4 is 34.0 Å². The largest absolute Gasteiger partial charge is 0.277 e. The highest BCUT2D eigenvalue weighted by Crippen LogP contribution is 2.71. The van der Waals surface area contributed by atoms with Gasteiger partial charge >= 0.3 is 0 Å². The van der Waals surface area contributed by atoms with Crippen LogP contribution >= 0.6 is 0 Å². The van der Waals surface area contributed by atoms with Crippen molar-refractivity contribution in [3.63, 3.8) is 0 Å². The molecule has 6 rings (SSSR count). The molecule has 0 aromatic heterocycles. The van der Waals surface area contributed by atoms with Gasteiger partial charge in [0.05, 0.1) is 27.8 Å². The first kappa shape index (κ1) is 14.4. The summed E-state index contributed by atoms with van der Waals surface area (Å²) in [6.45, 7) is 0. The molecule has 2 bridgehead atoms. The van der Waals surface area contributed by atoms with E-state index in [9.17, 15) is 19.7 Å². The van der Waals surface area contributed by atoms with Gasteiger partial charge in [-0.1, -0.05) is 18.2 Å². The Morgan fingerprint density at radius 1 is 0.846 bits per heavy atom. The number of non-ortho nitro benzene ring substituents is 1. The van der Waals surface area contributed by atoms with Gasteiger partial charge in [-0.3, -0.25) is 19.7 Å². The zero-order valence-corrected chi connectivity index (χ0v) is 13.9. The van der Waals surface area contributed by atoms with Gasteiger partial charge in [0, 0.05) is 11.5 Å². The van der Waals surface area contributed by atoms with Crippen LogP contribution < -0.4 is 4.90 Å². The summed E-state index contributed by atoms with van der Waals surface area (Å²) >= 11 is 0. The van der Waals surface area contributed by atoms with Crippen molar-refractivity contribution in [3.8, 4) is 0 Å². The van der Waals surface area contributed by atoms with Gasteiger partial charge in [0.25, 0.3) is 5.69 Å². The van der Waals surface area contributed by atoms with Crippen molar-refractivity contribution in [1.82, 2.24) is 0 Å². The van der Waals surface area contributed by atoms with Crippen LogP contribution in [0.15, 0.2) is 36.4 Å². The third-order valence-corrected chi connectivity index (χ3v) is 7.17. The van der Waals surface area contributed by atoms with Crippen molar-refractivity contribution in [2.75, 3.05) is 4.90 Å². The minimum Gasteiger partial charge on any atom is -0.274 e. The lowest BCUT2D eigenvalue weighted by molar-refractivity contribution is -0.383. The van der Waals surface area contributed by atoms with Crippen LogP contribution in [0.1, 0.15) is 12.8 Å². The van der Waals surface area contributed by atoms with E-state index in [2.05, 4.69) is 0 Å². The van der Waals surface area contributed by atoms with Gasteiger partial charge in [-0.2, -0.15) is 0 Å². The number of amides is 2. The molecular formula is C20H16N2O4. The molecule has 3 saturated carbocycles. The number of anilines is 1. The molecule has 4 fully saturated rings. The Labute approximate surface area is 148 Å². The Bertz CT molecular complexity index is 1000. The van der Waals surface area contributed by atoms with Crippen molar-refractivity contribution in [1.29, 1.82) is 0 Å². The van der Waals surface area contributed by atoms with Crippen LogP contribution in [0.5, 0.6) is 0 Å². The van der Waals surface area contributed by atoms with Gasteiger partial charge in [-0.25, -0.2) is 4.90 Å². The van der Waals surface area contributed by atoms with E-state index in [0.29, 0.717) is 40.1 Å². The van der Waals surface area contributed by atoms with E-state index >= 15 is 0 Å². The van der Waals surface area contributed by atoms with Crippen LogP contribution in [0, 0.1) is 45.6 Å². The van der Waals surface area contributed by atoms with E-state index in [1.807, 2.05) is 0 Å². The highest BCUT2D eigenvalue weighted by molar-refractivity contribution is 6.25. The number of nitro benzene ring substituents is 1. The molecule has 2 aromatic rings. The molecule has 26 heavy (non-hydrogen) atoms. The average Bonchev–Trinajstić information content (AvgIpc) is 3.15. The molecular weight excluding hydrogens is 332 g/mol. The normalized spacial score (nSPS) is 36.5. The van der Waals surface area contributed by atoms with Gasteiger partial charge in [-0.15, -0.1) is 0 Å². The summed E-state index contributed by atoms with van der Waals surface area (Å²) in [4.78, 5) is 38.6. The first-order chi connectivity index (χ1) is 12.6. The summed E-state index contributed by atoms with van der Waals surface area (Å²) < 4.78 is 0. The minimum atomic E-state index is -0.428. The van der Waals surface area contributed by atoms with Gasteiger partial charge in [0.2, 0.25) is 11.8 Å². The van der Waals surface area contributed by atoms with Crippen LogP contribution in [0.4, 0.5) is 11.4 Å². The number of carbonyl (C=O) groups excluding carboxylic acids is 2. The summed E-state index contributed by atoms with van der Waals surface area (Å²) in [7, 11) is 0. The number of hydrogen-bond acceptors (Lipinski definition) is 4. The monoisotopic (exact) mass is 348 g/mol. The second kappa shape index (κ2) is 4.50. The third kappa shape index (κ3) is 1.54. The van der Waals surface area contributed by atoms with E-state index in [1.165, 1.54) is 17.4 Å². The topological polar surface area (TPSA) is 80.5 Å². The van der Waals surface area contributed by atoms with Crippen LogP contribution in [-0.2, 0) is 9.59 Å². The summed E-state index contributed by atoms with van der Waals surface area (Å²) in [5.74, 6) is 1.46. The highest BCUT2D eigenvalue weighted by Gasteiger charge is 2.72. The molecule has 1 heterocycles. The van der Waals surface area contributed by atoms with Crippen LogP contribution in [-0.4, -0.2) is 16.7 Å². The van der Waals surface area contributed by atoms with Gasteiger partial charge < -0.3 is 0 Å². The maximum atomic E-state index is 13.2. The van der Waals surface area contributed by atoms with Crippen molar-refractivity contribution in [2.24, 2.45) is 35.5 Å². The van der Waals surface area contributed by atoms with E-state index in [-0.39, 0.29) is 29.3 Å². The number of nitro groups is 1. The summed E-state index contributed by atoms with van der Waals surface area (Å²) in [5, 5.41) is 12.4. The number of hydrogen-bond donors (Lipinski definition) is 0. The predicted octanol–water partition coefficient (Wildman–Crippen LogP) is 3.14. The average molecular weight is 348 g/mol. The second-order valence-corrected chi connectivity index (χ2v) is 8.10. The molecule has 2 amide bonds. The number of fused-ring (bicyclic) bond motifs is 9. The maximum Gasteiger partial charge on any atom is 0.277 e. The highest BCUT2D eigenvalue weighted by atomic mass is 16.6. The first-order valence-corrected chi connectivity index (χ1v) is 9.12. The van der Waals surface area contributed by atoms with Crippen molar-refractivity contribution in [2.45, 2.75) is 12.8 Å².